The summed E-state index contributed by atoms with van der Waals surface area (Å²) in [7, 11) is 1.67. The second-order valence-corrected chi connectivity index (χ2v) is 4.12. The van der Waals surface area contributed by atoms with Crippen LogP contribution in [0.15, 0.2) is 22.8 Å². The van der Waals surface area contributed by atoms with Gasteiger partial charge in [-0.05, 0) is 38.2 Å². The van der Waals surface area contributed by atoms with Gasteiger partial charge in [0.1, 0.15) is 5.76 Å². The Labute approximate surface area is 101 Å². The fourth-order valence-electron chi connectivity index (χ4n) is 1.36. The van der Waals surface area contributed by atoms with Crippen molar-refractivity contribution in [3.8, 4) is 0 Å². The van der Waals surface area contributed by atoms with Gasteiger partial charge in [0, 0.05) is 13.2 Å². The van der Waals surface area contributed by atoms with Crippen LogP contribution < -0.4 is 10.6 Å². The summed E-state index contributed by atoms with van der Waals surface area (Å²) in [4.78, 5) is 0. The van der Waals surface area contributed by atoms with Crippen LogP contribution in [0.5, 0.6) is 0 Å². The van der Waals surface area contributed by atoms with Crippen molar-refractivity contribution in [2.45, 2.75) is 25.9 Å². The average molecular weight is 242 g/mol. The summed E-state index contributed by atoms with van der Waals surface area (Å²) in [6.45, 7) is 4.62. The van der Waals surface area contributed by atoms with Crippen molar-refractivity contribution in [2.75, 3.05) is 13.7 Å². The Morgan fingerprint density at radius 1 is 1.50 bits per heavy atom. The standard InChI is InChI=1S/C11H18N2O2S/c1-8(7-14-3)12-11(16)13-9(2)10-5-4-6-15-10/h4-6,8-9H,7H2,1-3H3,(H2,12,13,16). The predicted octanol–water partition coefficient (Wildman–Crippen LogP) is 1.84. The minimum atomic E-state index is 0.0599. The fourth-order valence-corrected chi connectivity index (χ4v) is 1.74. The number of rotatable bonds is 5. The molecule has 2 atom stereocenters. The van der Waals surface area contributed by atoms with Crippen LogP contribution in [0.25, 0.3) is 0 Å². The molecular formula is C11H18N2O2S. The molecule has 0 amide bonds. The Balaban J connectivity index is 2.34. The van der Waals surface area contributed by atoms with E-state index in [-0.39, 0.29) is 12.1 Å². The van der Waals surface area contributed by atoms with E-state index >= 15 is 0 Å². The van der Waals surface area contributed by atoms with Gasteiger partial charge in [-0.15, -0.1) is 0 Å². The minimum absolute atomic E-state index is 0.0599. The number of hydrogen-bond donors (Lipinski definition) is 2. The summed E-state index contributed by atoms with van der Waals surface area (Å²) in [5, 5.41) is 6.87. The van der Waals surface area contributed by atoms with Gasteiger partial charge in [0.05, 0.1) is 18.9 Å². The SMILES string of the molecule is COCC(C)NC(=S)NC(C)c1ccco1. The maximum absolute atomic E-state index is 5.27. The molecule has 16 heavy (non-hydrogen) atoms. The van der Waals surface area contributed by atoms with E-state index in [0.717, 1.165) is 5.76 Å². The zero-order chi connectivity index (χ0) is 12.0. The average Bonchev–Trinajstić information content (AvgIpc) is 2.69. The first-order chi connectivity index (χ1) is 7.63. The highest BCUT2D eigenvalue weighted by atomic mass is 32.1. The van der Waals surface area contributed by atoms with Gasteiger partial charge in [-0.25, -0.2) is 0 Å². The Kier molecular flexibility index (Phi) is 5.28. The lowest BCUT2D eigenvalue weighted by Gasteiger charge is -2.18. The highest BCUT2D eigenvalue weighted by Gasteiger charge is 2.10. The van der Waals surface area contributed by atoms with Crippen LogP contribution in [0.4, 0.5) is 0 Å². The van der Waals surface area contributed by atoms with Crippen molar-refractivity contribution < 1.29 is 9.15 Å². The molecule has 0 aliphatic rings. The van der Waals surface area contributed by atoms with Crippen molar-refractivity contribution >= 4 is 17.3 Å². The lowest BCUT2D eigenvalue weighted by atomic mass is 10.2. The lowest BCUT2D eigenvalue weighted by molar-refractivity contribution is 0.179. The predicted molar refractivity (Wildman–Crippen MR) is 67.3 cm³/mol. The molecule has 0 radical (unpaired) electrons. The van der Waals surface area contributed by atoms with E-state index < -0.39 is 0 Å². The molecule has 5 heteroatoms. The topological polar surface area (TPSA) is 46.4 Å². The minimum Gasteiger partial charge on any atom is -0.467 e. The first-order valence-electron chi connectivity index (χ1n) is 5.23. The van der Waals surface area contributed by atoms with E-state index in [9.17, 15) is 0 Å². The summed E-state index contributed by atoms with van der Waals surface area (Å²) < 4.78 is 10.3. The van der Waals surface area contributed by atoms with Crippen molar-refractivity contribution in [1.29, 1.82) is 0 Å². The van der Waals surface area contributed by atoms with Crippen LogP contribution in [-0.2, 0) is 4.74 Å². The molecule has 4 nitrogen and oxygen atoms in total. The Morgan fingerprint density at radius 3 is 2.81 bits per heavy atom. The van der Waals surface area contributed by atoms with E-state index in [4.69, 9.17) is 21.4 Å². The highest BCUT2D eigenvalue weighted by Crippen LogP contribution is 2.11. The summed E-state index contributed by atoms with van der Waals surface area (Å²) >= 11 is 5.18. The van der Waals surface area contributed by atoms with Gasteiger partial charge in [0.2, 0.25) is 0 Å². The Bertz CT molecular complexity index is 314. The van der Waals surface area contributed by atoms with Crippen molar-refractivity contribution in [2.24, 2.45) is 0 Å². The maximum atomic E-state index is 5.27. The van der Waals surface area contributed by atoms with E-state index in [0.29, 0.717) is 11.7 Å². The van der Waals surface area contributed by atoms with E-state index in [2.05, 4.69) is 10.6 Å². The van der Waals surface area contributed by atoms with Gasteiger partial charge >= 0.3 is 0 Å². The zero-order valence-electron chi connectivity index (χ0n) is 9.82. The molecule has 0 aliphatic heterocycles. The van der Waals surface area contributed by atoms with Crippen LogP contribution in [0.2, 0.25) is 0 Å². The summed E-state index contributed by atoms with van der Waals surface area (Å²) in [6.07, 6.45) is 1.65. The molecule has 0 saturated heterocycles. The van der Waals surface area contributed by atoms with Gasteiger partial charge in [-0.1, -0.05) is 0 Å². The highest BCUT2D eigenvalue weighted by molar-refractivity contribution is 7.80. The third-order valence-corrected chi connectivity index (χ3v) is 2.35. The smallest absolute Gasteiger partial charge is 0.167 e. The van der Waals surface area contributed by atoms with Crippen LogP contribution in [0.3, 0.4) is 0 Å². The Morgan fingerprint density at radius 2 is 2.25 bits per heavy atom. The zero-order valence-corrected chi connectivity index (χ0v) is 10.6. The summed E-state index contributed by atoms with van der Waals surface area (Å²) in [5.41, 5.74) is 0. The molecule has 0 saturated carbocycles. The van der Waals surface area contributed by atoms with Gasteiger partial charge < -0.3 is 19.8 Å². The molecule has 0 aliphatic carbocycles. The number of thiocarbonyl (C=S) groups is 1. The molecule has 1 aromatic heterocycles. The van der Waals surface area contributed by atoms with Crippen molar-refractivity contribution in [3.05, 3.63) is 24.2 Å². The number of hydrogen-bond acceptors (Lipinski definition) is 3. The molecule has 1 rings (SSSR count). The summed E-state index contributed by atoms with van der Waals surface area (Å²) in [6, 6.07) is 4.02. The Hall–Kier alpha value is -1.07. The fraction of sp³-hybridized carbons (Fsp3) is 0.545. The van der Waals surface area contributed by atoms with E-state index in [1.807, 2.05) is 26.0 Å². The number of methoxy groups -OCH3 is 1. The molecule has 0 bridgehead atoms. The van der Waals surface area contributed by atoms with Crippen LogP contribution in [0, 0.1) is 0 Å². The molecule has 2 N–H and O–H groups in total. The molecular weight excluding hydrogens is 224 g/mol. The first-order valence-corrected chi connectivity index (χ1v) is 5.63. The number of ether oxygens (including phenoxy) is 1. The first kappa shape index (κ1) is 13.0. The van der Waals surface area contributed by atoms with Crippen LogP contribution in [0.1, 0.15) is 25.6 Å². The quantitative estimate of drug-likeness (QED) is 0.771. The third-order valence-electron chi connectivity index (χ3n) is 2.11. The van der Waals surface area contributed by atoms with Crippen LogP contribution in [-0.4, -0.2) is 24.9 Å². The van der Waals surface area contributed by atoms with Gasteiger partial charge in [0.15, 0.2) is 5.11 Å². The largest absolute Gasteiger partial charge is 0.467 e. The molecule has 0 aromatic carbocycles. The van der Waals surface area contributed by atoms with E-state index in [1.54, 1.807) is 13.4 Å². The molecule has 90 valence electrons. The lowest BCUT2D eigenvalue weighted by Crippen LogP contribution is -2.43. The van der Waals surface area contributed by atoms with E-state index in [1.165, 1.54) is 0 Å². The third kappa shape index (κ3) is 4.20. The maximum Gasteiger partial charge on any atom is 0.167 e. The molecule has 0 fully saturated rings. The van der Waals surface area contributed by atoms with Gasteiger partial charge in [0.25, 0.3) is 0 Å². The molecule has 1 heterocycles. The second kappa shape index (κ2) is 6.50. The molecule has 0 spiro atoms. The second-order valence-electron chi connectivity index (χ2n) is 3.71. The van der Waals surface area contributed by atoms with Crippen molar-refractivity contribution in [3.63, 3.8) is 0 Å². The molecule has 1 aromatic rings. The van der Waals surface area contributed by atoms with Crippen molar-refractivity contribution in [1.82, 2.24) is 10.6 Å². The number of nitrogens with one attached hydrogen (secondary N) is 2. The van der Waals surface area contributed by atoms with Gasteiger partial charge in [-0.3, -0.25) is 0 Å². The number of furan rings is 1. The molecule has 2 unspecified atom stereocenters. The van der Waals surface area contributed by atoms with Crippen LogP contribution >= 0.6 is 12.2 Å². The van der Waals surface area contributed by atoms with Gasteiger partial charge in [-0.2, -0.15) is 0 Å². The normalized spacial score (nSPS) is 14.2. The monoisotopic (exact) mass is 242 g/mol. The summed E-state index contributed by atoms with van der Waals surface area (Å²) in [5.74, 6) is 0.864.